The van der Waals surface area contributed by atoms with Crippen LogP contribution < -0.4 is 11.1 Å². The van der Waals surface area contributed by atoms with Crippen molar-refractivity contribution in [3.8, 4) is 0 Å². The van der Waals surface area contributed by atoms with Crippen molar-refractivity contribution in [3.05, 3.63) is 0 Å². The molecule has 0 aromatic carbocycles. The molecule has 1 aliphatic rings. The molecule has 0 bridgehead atoms. The van der Waals surface area contributed by atoms with Crippen molar-refractivity contribution in [1.82, 2.24) is 10.2 Å². The van der Waals surface area contributed by atoms with Crippen LogP contribution in [0.1, 0.15) is 12.8 Å². The second-order valence-electron chi connectivity index (χ2n) is 4.27. The average molecular weight is 229 g/mol. The molecule has 0 atom stereocenters. The van der Waals surface area contributed by atoms with Crippen molar-refractivity contribution < 1.29 is 9.53 Å². The van der Waals surface area contributed by atoms with Crippen molar-refractivity contribution in [2.24, 2.45) is 11.7 Å². The molecule has 1 fully saturated rings. The van der Waals surface area contributed by atoms with E-state index in [1.54, 1.807) is 0 Å². The maximum Gasteiger partial charge on any atom is 0.223 e. The fourth-order valence-corrected chi connectivity index (χ4v) is 1.85. The van der Waals surface area contributed by atoms with Gasteiger partial charge in [-0.25, -0.2) is 0 Å². The van der Waals surface area contributed by atoms with E-state index in [-0.39, 0.29) is 11.8 Å². The second kappa shape index (κ2) is 7.60. The summed E-state index contributed by atoms with van der Waals surface area (Å²) in [5, 5.41) is 2.90. The molecular weight excluding hydrogens is 206 g/mol. The van der Waals surface area contributed by atoms with Gasteiger partial charge in [-0.3, -0.25) is 4.79 Å². The SMILES string of the molecule is CN1CCC(C(=O)NCCOCCN)CC1. The number of carbonyl (C=O) groups excluding carboxylic acids is 1. The Morgan fingerprint density at radius 1 is 1.44 bits per heavy atom. The molecule has 16 heavy (non-hydrogen) atoms. The zero-order valence-electron chi connectivity index (χ0n) is 10.1. The minimum absolute atomic E-state index is 0.171. The molecule has 0 aromatic heterocycles. The van der Waals surface area contributed by atoms with Crippen molar-refractivity contribution in [3.63, 3.8) is 0 Å². The number of nitrogens with one attached hydrogen (secondary N) is 1. The van der Waals surface area contributed by atoms with Crippen LogP contribution in [0.4, 0.5) is 0 Å². The van der Waals surface area contributed by atoms with Crippen LogP contribution in [0.5, 0.6) is 0 Å². The Bertz CT molecular complexity index is 203. The summed E-state index contributed by atoms with van der Waals surface area (Å²) in [6.07, 6.45) is 1.93. The standard InChI is InChI=1S/C11H23N3O2/c1-14-6-2-10(3-7-14)11(15)13-5-9-16-8-4-12/h10H,2-9,12H2,1H3,(H,13,15). The molecule has 5 nitrogen and oxygen atoms in total. The molecular formula is C11H23N3O2. The fourth-order valence-electron chi connectivity index (χ4n) is 1.85. The van der Waals surface area contributed by atoms with Crippen LogP contribution in [-0.4, -0.2) is 57.2 Å². The van der Waals surface area contributed by atoms with Crippen molar-refractivity contribution in [2.75, 3.05) is 46.4 Å². The highest BCUT2D eigenvalue weighted by atomic mass is 16.5. The van der Waals surface area contributed by atoms with Crippen molar-refractivity contribution in [2.45, 2.75) is 12.8 Å². The van der Waals surface area contributed by atoms with Gasteiger partial charge in [0, 0.05) is 19.0 Å². The number of nitrogens with two attached hydrogens (primary N) is 1. The zero-order valence-corrected chi connectivity index (χ0v) is 10.1. The summed E-state index contributed by atoms with van der Waals surface area (Å²) in [4.78, 5) is 14.0. The van der Waals surface area contributed by atoms with Crippen LogP contribution in [0.2, 0.25) is 0 Å². The smallest absolute Gasteiger partial charge is 0.223 e. The van der Waals surface area contributed by atoms with Gasteiger partial charge in [0.25, 0.3) is 0 Å². The topological polar surface area (TPSA) is 67.6 Å². The van der Waals surface area contributed by atoms with Gasteiger partial charge in [0.05, 0.1) is 13.2 Å². The quantitative estimate of drug-likeness (QED) is 0.598. The van der Waals surface area contributed by atoms with E-state index in [9.17, 15) is 4.79 Å². The highest BCUT2D eigenvalue weighted by molar-refractivity contribution is 5.78. The lowest BCUT2D eigenvalue weighted by atomic mass is 9.96. The highest BCUT2D eigenvalue weighted by Crippen LogP contribution is 2.15. The molecule has 0 radical (unpaired) electrons. The summed E-state index contributed by atoms with van der Waals surface area (Å²) >= 11 is 0. The number of carbonyl (C=O) groups is 1. The number of hydrogen-bond acceptors (Lipinski definition) is 4. The zero-order chi connectivity index (χ0) is 11.8. The van der Waals surface area contributed by atoms with Gasteiger partial charge in [0.1, 0.15) is 0 Å². The van der Waals surface area contributed by atoms with Crippen LogP contribution in [0.3, 0.4) is 0 Å². The molecule has 0 saturated carbocycles. The largest absolute Gasteiger partial charge is 0.378 e. The number of hydrogen-bond donors (Lipinski definition) is 2. The van der Waals surface area contributed by atoms with E-state index < -0.39 is 0 Å². The number of amides is 1. The Morgan fingerprint density at radius 3 is 2.75 bits per heavy atom. The van der Waals surface area contributed by atoms with Gasteiger partial charge < -0.3 is 20.7 Å². The van der Waals surface area contributed by atoms with E-state index >= 15 is 0 Å². The van der Waals surface area contributed by atoms with E-state index in [1.807, 2.05) is 0 Å². The minimum atomic E-state index is 0.171. The Hall–Kier alpha value is -0.650. The van der Waals surface area contributed by atoms with E-state index in [0.717, 1.165) is 25.9 Å². The third-order valence-corrected chi connectivity index (χ3v) is 2.90. The van der Waals surface area contributed by atoms with Crippen LogP contribution >= 0.6 is 0 Å². The Kier molecular flexibility index (Phi) is 6.37. The number of ether oxygens (including phenoxy) is 1. The summed E-state index contributed by atoms with van der Waals surface area (Å²) in [6, 6.07) is 0. The first-order valence-corrected chi connectivity index (χ1v) is 5.98. The molecule has 1 aliphatic heterocycles. The molecule has 1 amide bonds. The van der Waals surface area contributed by atoms with Gasteiger partial charge in [0.2, 0.25) is 5.91 Å². The number of piperidine rings is 1. The molecule has 94 valence electrons. The Labute approximate surface area is 97.3 Å². The molecule has 0 aromatic rings. The van der Waals surface area contributed by atoms with E-state index in [4.69, 9.17) is 10.5 Å². The predicted octanol–water partition coefficient (Wildman–Crippen LogP) is -0.580. The molecule has 0 unspecified atom stereocenters. The first-order chi connectivity index (χ1) is 7.74. The molecule has 0 spiro atoms. The second-order valence-corrected chi connectivity index (χ2v) is 4.27. The van der Waals surface area contributed by atoms with Crippen molar-refractivity contribution >= 4 is 5.91 Å². The highest BCUT2D eigenvalue weighted by Gasteiger charge is 2.22. The number of nitrogens with zero attached hydrogens (tertiary/aromatic N) is 1. The molecule has 1 rings (SSSR count). The summed E-state index contributed by atoms with van der Waals surface area (Å²) in [6.45, 7) is 4.26. The third-order valence-electron chi connectivity index (χ3n) is 2.90. The average Bonchev–Trinajstić information content (AvgIpc) is 2.29. The summed E-state index contributed by atoms with van der Waals surface area (Å²) in [7, 11) is 2.09. The van der Waals surface area contributed by atoms with Crippen LogP contribution in [0, 0.1) is 5.92 Å². The van der Waals surface area contributed by atoms with Gasteiger partial charge in [-0.05, 0) is 33.0 Å². The van der Waals surface area contributed by atoms with Crippen LogP contribution in [0.15, 0.2) is 0 Å². The van der Waals surface area contributed by atoms with E-state index in [1.165, 1.54) is 0 Å². The molecule has 0 aliphatic carbocycles. The van der Waals surface area contributed by atoms with Gasteiger partial charge in [0.15, 0.2) is 0 Å². The number of likely N-dealkylation sites (tertiary alicyclic amines) is 1. The van der Waals surface area contributed by atoms with E-state index in [0.29, 0.717) is 26.3 Å². The van der Waals surface area contributed by atoms with E-state index in [2.05, 4.69) is 17.3 Å². The Morgan fingerprint density at radius 2 is 2.12 bits per heavy atom. The monoisotopic (exact) mass is 229 g/mol. The number of rotatable bonds is 6. The van der Waals surface area contributed by atoms with Gasteiger partial charge in [-0.2, -0.15) is 0 Å². The Balaban J connectivity index is 2.06. The minimum Gasteiger partial charge on any atom is -0.378 e. The maximum atomic E-state index is 11.7. The predicted molar refractivity (Wildman–Crippen MR) is 63.1 cm³/mol. The third kappa shape index (κ3) is 4.92. The first kappa shape index (κ1) is 13.4. The molecule has 1 saturated heterocycles. The molecule has 3 N–H and O–H groups in total. The first-order valence-electron chi connectivity index (χ1n) is 5.98. The fraction of sp³-hybridized carbons (Fsp3) is 0.909. The molecule has 5 heteroatoms. The normalized spacial score (nSPS) is 18.6. The van der Waals surface area contributed by atoms with Crippen LogP contribution in [-0.2, 0) is 9.53 Å². The summed E-state index contributed by atoms with van der Waals surface area (Å²) in [5.74, 6) is 0.357. The van der Waals surface area contributed by atoms with Gasteiger partial charge in [-0.1, -0.05) is 0 Å². The lowest BCUT2D eigenvalue weighted by molar-refractivity contribution is -0.126. The summed E-state index contributed by atoms with van der Waals surface area (Å²) in [5.41, 5.74) is 5.28. The van der Waals surface area contributed by atoms with Crippen molar-refractivity contribution in [1.29, 1.82) is 0 Å². The lowest BCUT2D eigenvalue weighted by Gasteiger charge is -2.28. The van der Waals surface area contributed by atoms with Crippen LogP contribution in [0.25, 0.3) is 0 Å². The molecule has 1 heterocycles. The lowest BCUT2D eigenvalue weighted by Crippen LogP contribution is -2.40. The summed E-state index contributed by atoms with van der Waals surface area (Å²) < 4.78 is 5.19. The van der Waals surface area contributed by atoms with Gasteiger partial charge in [-0.15, -0.1) is 0 Å². The maximum absolute atomic E-state index is 11.7. The van der Waals surface area contributed by atoms with Gasteiger partial charge >= 0.3 is 0 Å².